The SMILES string of the molecule is COc1cccc2sc(N3CCN(CCCN)CC3)nc12. The van der Waals surface area contributed by atoms with Gasteiger partial charge in [-0.25, -0.2) is 4.98 Å². The molecule has 1 aliphatic rings. The first kappa shape index (κ1) is 14.6. The van der Waals surface area contributed by atoms with Gasteiger partial charge in [0.2, 0.25) is 0 Å². The Bertz CT molecular complexity index is 592. The Hall–Kier alpha value is -1.37. The molecule has 3 rings (SSSR count). The maximum absolute atomic E-state index is 5.58. The lowest BCUT2D eigenvalue weighted by atomic mass is 10.3. The molecule has 0 saturated carbocycles. The zero-order chi connectivity index (χ0) is 14.7. The number of piperazine rings is 1. The van der Waals surface area contributed by atoms with Crippen LogP contribution in [0.15, 0.2) is 18.2 Å². The fourth-order valence-electron chi connectivity index (χ4n) is 2.69. The minimum absolute atomic E-state index is 0.776. The molecule has 1 aromatic heterocycles. The molecule has 1 aliphatic heterocycles. The van der Waals surface area contributed by atoms with Crippen LogP contribution in [-0.2, 0) is 0 Å². The molecule has 21 heavy (non-hydrogen) atoms. The molecule has 114 valence electrons. The van der Waals surface area contributed by atoms with Crippen LogP contribution < -0.4 is 15.4 Å². The topological polar surface area (TPSA) is 54.6 Å². The summed E-state index contributed by atoms with van der Waals surface area (Å²) in [5.41, 5.74) is 6.55. The highest BCUT2D eigenvalue weighted by Crippen LogP contribution is 2.34. The van der Waals surface area contributed by atoms with Crippen molar-refractivity contribution in [3.05, 3.63) is 18.2 Å². The molecule has 1 aromatic carbocycles. The Kier molecular flexibility index (Phi) is 4.57. The molecular formula is C15H22N4OS. The van der Waals surface area contributed by atoms with Crippen molar-refractivity contribution < 1.29 is 4.74 Å². The highest BCUT2D eigenvalue weighted by Gasteiger charge is 2.20. The number of fused-ring (bicyclic) bond motifs is 1. The number of rotatable bonds is 5. The second-order valence-electron chi connectivity index (χ2n) is 5.27. The predicted octanol–water partition coefficient (Wildman–Crippen LogP) is 1.78. The number of nitrogens with two attached hydrogens (primary N) is 1. The highest BCUT2D eigenvalue weighted by atomic mass is 32.1. The summed E-state index contributed by atoms with van der Waals surface area (Å²) in [7, 11) is 1.70. The summed E-state index contributed by atoms with van der Waals surface area (Å²) < 4.78 is 6.58. The van der Waals surface area contributed by atoms with Gasteiger partial charge in [0.15, 0.2) is 5.13 Å². The molecule has 0 aliphatic carbocycles. The molecule has 2 heterocycles. The Morgan fingerprint density at radius 2 is 2.10 bits per heavy atom. The van der Waals surface area contributed by atoms with Crippen molar-refractivity contribution in [3.8, 4) is 5.75 Å². The van der Waals surface area contributed by atoms with Gasteiger partial charge in [-0.05, 0) is 31.6 Å². The number of thiazole rings is 1. The van der Waals surface area contributed by atoms with Gasteiger partial charge in [0, 0.05) is 26.2 Å². The van der Waals surface area contributed by atoms with Crippen LogP contribution in [0.4, 0.5) is 5.13 Å². The second-order valence-corrected chi connectivity index (χ2v) is 6.28. The van der Waals surface area contributed by atoms with Crippen LogP contribution in [0.25, 0.3) is 10.2 Å². The van der Waals surface area contributed by atoms with Crippen LogP contribution >= 0.6 is 11.3 Å². The maximum atomic E-state index is 5.58. The molecule has 2 aromatic rings. The summed E-state index contributed by atoms with van der Waals surface area (Å²) in [4.78, 5) is 9.64. The average molecular weight is 306 g/mol. The van der Waals surface area contributed by atoms with Crippen molar-refractivity contribution >= 4 is 26.7 Å². The third kappa shape index (κ3) is 3.12. The number of anilines is 1. The monoisotopic (exact) mass is 306 g/mol. The maximum Gasteiger partial charge on any atom is 0.186 e. The van der Waals surface area contributed by atoms with E-state index in [9.17, 15) is 0 Å². The number of aromatic nitrogens is 1. The zero-order valence-corrected chi connectivity index (χ0v) is 13.2. The minimum atomic E-state index is 0.776. The number of methoxy groups -OCH3 is 1. The van der Waals surface area contributed by atoms with Crippen LogP contribution in [0.2, 0.25) is 0 Å². The van der Waals surface area contributed by atoms with E-state index in [1.54, 1.807) is 18.4 Å². The van der Waals surface area contributed by atoms with E-state index >= 15 is 0 Å². The van der Waals surface area contributed by atoms with Crippen LogP contribution in [0.1, 0.15) is 6.42 Å². The smallest absolute Gasteiger partial charge is 0.186 e. The van der Waals surface area contributed by atoms with E-state index in [1.165, 1.54) is 4.70 Å². The van der Waals surface area contributed by atoms with Gasteiger partial charge in [0.25, 0.3) is 0 Å². The van der Waals surface area contributed by atoms with Crippen molar-refractivity contribution in [2.75, 3.05) is 51.3 Å². The summed E-state index contributed by atoms with van der Waals surface area (Å²) in [6, 6.07) is 6.10. The van der Waals surface area contributed by atoms with Crippen LogP contribution in [0, 0.1) is 0 Å². The van der Waals surface area contributed by atoms with Crippen molar-refractivity contribution in [1.29, 1.82) is 0 Å². The number of hydrogen-bond acceptors (Lipinski definition) is 6. The van der Waals surface area contributed by atoms with E-state index in [-0.39, 0.29) is 0 Å². The average Bonchev–Trinajstić information content (AvgIpc) is 2.97. The zero-order valence-electron chi connectivity index (χ0n) is 12.4. The molecule has 0 atom stereocenters. The molecule has 0 bridgehead atoms. The number of benzene rings is 1. The van der Waals surface area contributed by atoms with Gasteiger partial charge < -0.3 is 15.4 Å². The molecule has 2 N–H and O–H groups in total. The van der Waals surface area contributed by atoms with Crippen molar-refractivity contribution in [2.45, 2.75) is 6.42 Å². The first-order valence-corrected chi connectivity index (χ1v) is 8.24. The van der Waals surface area contributed by atoms with Crippen LogP contribution in [0.5, 0.6) is 5.75 Å². The quantitative estimate of drug-likeness (QED) is 0.912. The summed E-state index contributed by atoms with van der Waals surface area (Å²) >= 11 is 1.75. The molecule has 5 nitrogen and oxygen atoms in total. The third-order valence-electron chi connectivity index (χ3n) is 3.91. The molecule has 0 unspecified atom stereocenters. The Balaban J connectivity index is 1.71. The lowest BCUT2D eigenvalue weighted by Crippen LogP contribution is -2.46. The van der Waals surface area contributed by atoms with Crippen LogP contribution in [-0.4, -0.2) is 56.3 Å². The minimum Gasteiger partial charge on any atom is -0.494 e. The summed E-state index contributed by atoms with van der Waals surface area (Å²) in [5, 5.41) is 1.10. The lowest BCUT2D eigenvalue weighted by molar-refractivity contribution is 0.256. The summed E-state index contributed by atoms with van der Waals surface area (Å²) in [6.07, 6.45) is 1.08. The number of ether oxygens (including phenoxy) is 1. The third-order valence-corrected chi connectivity index (χ3v) is 4.99. The van der Waals surface area contributed by atoms with E-state index in [0.717, 1.165) is 62.1 Å². The van der Waals surface area contributed by atoms with Gasteiger partial charge in [-0.15, -0.1) is 0 Å². The number of hydrogen-bond donors (Lipinski definition) is 1. The van der Waals surface area contributed by atoms with Crippen molar-refractivity contribution in [2.24, 2.45) is 5.73 Å². The van der Waals surface area contributed by atoms with Gasteiger partial charge in [-0.3, -0.25) is 4.90 Å². The van der Waals surface area contributed by atoms with Gasteiger partial charge >= 0.3 is 0 Å². The first-order chi connectivity index (χ1) is 10.3. The lowest BCUT2D eigenvalue weighted by Gasteiger charge is -2.34. The standard InChI is InChI=1S/C15H22N4OS/c1-20-12-4-2-5-13-14(12)17-15(21-13)19-10-8-18(9-11-19)7-3-6-16/h2,4-5H,3,6-11,16H2,1H3. The molecule has 6 heteroatoms. The fourth-order valence-corrected chi connectivity index (χ4v) is 3.72. The Labute approximate surface area is 129 Å². The molecule has 0 spiro atoms. The summed E-state index contributed by atoms with van der Waals surface area (Å²) in [6.45, 7) is 6.13. The normalized spacial score (nSPS) is 16.6. The van der Waals surface area contributed by atoms with E-state index in [0.29, 0.717) is 0 Å². The van der Waals surface area contributed by atoms with Crippen molar-refractivity contribution in [3.63, 3.8) is 0 Å². The van der Waals surface area contributed by atoms with Gasteiger partial charge in [0.05, 0.1) is 11.8 Å². The second kappa shape index (κ2) is 6.60. The molecule has 1 fully saturated rings. The van der Waals surface area contributed by atoms with Gasteiger partial charge in [0.1, 0.15) is 11.3 Å². The predicted molar refractivity (Wildman–Crippen MR) is 88.5 cm³/mol. The van der Waals surface area contributed by atoms with E-state index < -0.39 is 0 Å². The highest BCUT2D eigenvalue weighted by molar-refractivity contribution is 7.22. The van der Waals surface area contributed by atoms with E-state index in [4.69, 9.17) is 15.5 Å². The van der Waals surface area contributed by atoms with Crippen LogP contribution in [0.3, 0.4) is 0 Å². The Morgan fingerprint density at radius 3 is 2.81 bits per heavy atom. The van der Waals surface area contributed by atoms with Gasteiger partial charge in [-0.2, -0.15) is 0 Å². The summed E-state index contributed by atoms with van der Waals surface area (Å²) in [5.74, 6) is 0.858. The Morgan fingerprint density at radius 1 is 1.29 bits per heavy atom. The molecule has 0 radical (unpaired) electrons. The number of para-hydroxylation sites is 1. The number of nitrogens with zero attached hydrogens (tertiary/aromatic N) is 3. The first-order valence-electron chi connectivity index (χ1n) is 7.42. The fraction of sp³-hybridized carbons (Fsp3) is 0.533. The molecule has 1 saturated heterocycles. The largest absolute Gasteiger partial charge is 0.494 e. The van der Waals surface area contributed by atoms with Gasteiger partial charge in [-0.1, -0.05) is 17.4 Å². The molecular weight excluding hydrogens is 284 g/mol. The molecule has 0 amide bonds. The van der Waals surface area contributed by atoms with Crippen molar-refractivity contribution in [1.82, 2.24) is 9.88 Å². The van der Waals surface area contributed by atoms with E-state index in [1.807, 2.05) is 12.1 Å². The van der Waals surface area contributed by atoms with E-state index in [2.05, 4.69) is 15.9 Å².